The fourth-order valence-electron chi connectivity index (χ4n) is 3.88. The van der Waals surface area contributed by atoms with Crippen molar-refractivity contribution < 1.29 is 9.15 Å². The molecule has 0 atom stereocenters. The summed E-state index contributed by atoms with van der Waals surface area (Å²) in [5.41, 5.74) is 4.19. The Morgan fingerprint density at radius 1 is 0.969 bits per heavy atom. The number of anilines is 1. The van der Waals surface area contributed by atoms with Gasteiger partial charge in [-0.05, 0) is 6.07 Å². The molecule has 32 heavy (non-hydrogen) atoms. The van der Waals surface area contributed by atoms with E-state index < -0.39 is 0 Å². The van der Waals surface area contributed by atoms with Crippen LogP contribution in [-0.2, 0) is 11.8 Å². The number of morpholine rings is 1. The number of benzene rings is 1. The van der Waals surface area contributed by atoms with Crippen molar-refractivity contribution in [1.29, 1.82) is 0 Å². The van der Waals surface area contributed by atoms with Crippen molar-refractivity contribution in [2.24, 2.45) is 7.05 Å². The summed E-state index contributed by atoms with van der Waals surface area (Å²) in [6.07, 6.45) is 5.58. The number of hydrogen-bond donors (Lipinski definition) is 0. The maximum Gasteiger partial charge on any atom is 0.253 e. The summed E-state index contributed by atoms with van der Waals surface area (Å²) in [6.45, 7) is 2.78. The largest absolute Gasteiger partial charge is 0.450 e. The van der Waals surface area contributed by atoms with Crippen LogP contribution in [-0.4, -0.2) is 55.8 Å². The van der Waals surface area contributed by atoms with Crippen LogP contribution in [0.15, 0.2) is 65.5 Å². The van der Waals surface area contributed by atoms with Crippen LogP contribution in [0.3, 0.4) is 0 Å². The summed E-state index contributed by atoms with van der Waals surface area (Å²) < 4.78 is 15.2. The van der Waals surface area contributed by atoms with Gasteiger partial charge in [-0.3, -0.25) is 4.68 Å². The van der Waals surface area contributed by atoms with Gasteiger partial charge in [0.1, 0.15) is 11.3 Å². The SMILES string of the molecule is Cn1cc(-c2cc3nc(-n4ccc(-c5ccccc5)n4)nc(N4CCOCC4)c3o2)cn1. The highest BCUT2D eigenvalue weighted by Gasteiger charge is 2.22. The van der Waals surface area contributed by atoms with E-state index in [1.165, 1.54) is 0 Å². The fraction of sp³-hybridized carbons (Fsp3) is 0.217. The van der Waals surface area contributed by atoms with E-state index in [4.69, 9.17) is 24.2 Å². The fourth-order valence-corrected chi connectivity index (χ4v) is 3.88. The first-order valence-corrected chi connectivity index (χ1v) is 10.5. The number of nitrogens with zero attached hydrogens (tertiary/aromatic N) is 7. The third-order valence-electron chi connectivity index (χ3n) is 5.51. The summed E-state index contributed by atoms with van der Waals surface area (Å²) in [7, 11) is 1.88. The van der Waals surface area contributed by atoms with Gasteiger partial charge >= 0.3 is 0 Å². The summed E-state index contributed by atoms with van der Waals surface area (Å²) >= 11 is 0. The molecular formula is C23H21N7O2. The van der Waals surface area contributed by atoms with Crippen molar-refractivity contribution in [3.63, 3.8) is 0 Å². The van der Waals surface area contributed by atoms with E-state index in [9.17, 15) is 0 Å². The van der Waals surface area contributed by atoms with E-state index in [1.54, 1.807) is 15.6 Å². The van der Waals surface area contributed by atoms with Gasteiger partial charge in [0.2, 0.25) is 0 Å². The van der Waals surface area contributed by atoms with Gasteiger partial charge in [-0.1, -0.05) is 30.3 Å². The maximum absolute atomic E-state index is 6.23. The number of aromatic nitrogens is 6. The van der Waals surface area contributed by atoms with Gasteiger partial charge < -0.3 is 14.1 Å². The Balaban J connectivity index is 1.47. The van der Waals surface area contributed by atoms with Crippen LogP contribution in [0.2, 0.25) is 0 Å². The molecule has 4 aromatic heterocycles. The van der Waals surface area contributed by atoms with Crippen molar-refractivity contribution in [2.45, 2.75) is 0 Å². The van der Waals surface area contributed by atoms with E-state index in [-0.39, 0.29) is 0 Å². The maximum atomic E-state index is 6.23. The minimum atomic E-state index is 0.500. The molecular weight excluding hydrogens is 406 g/mol. The zero-order valence-electron chi connectivity index (χ0n) is 17.5. The molecule has 9 heteroatoms. The molecule has 9 nitrogen and oxygen atoms in total. The first-order chi connectivity index (χ1) is 15.7. The van der Waals surface area contributed by atoms with E-state index in [1.807, 2.05) is 61.9 Å². The van der Waals surface area contributed by atoms with Crippen LogP contribution in [0.5, 0.6) is 0 Å². The van der Waals surface area contributed by atoms with Gasteiger partial charge in [0.25, 0.3) is 5.95 Å². The monoisotopic (exact) mass is 427 g/mol. The highest BCUT2D eigenvalue weighted by molar-refractivity contribution is 5.88. The zero-order valence-corrected chi connectivity index (χ0v) is 17.5. The summed E-state index contributed by atoms with van der Waals surface area (Å²) in [5, 5.41) is 8.97. The second-order valence-electron chi connectivity index (χ2n) is 7.69. The average molecular weight is 427 g/mol. The van der Waals surface area contributed by atoms with E-state index in [0.717, 1.165) is 41.2 Å². The molecule has 1 aliphatic rings. The van der Waals surface area contributed by atoms with Crippen molar-refractivity contribution >= 4 is 16.9 Å². The first kappa shape index (κ1) is 18.8. The topological polar surface area (TPSA) is 87.0 Å². The Kier molecular flexibility index (Phi) is 4.46. The van der Waals surface area contributed by atoms with Crippen molar-refractivity contribution in [2.75, 3.05) is 31.2 Å². The Bertz CT molecular complexity index is 1380. The lowest BCUT2D eigenvalue weighted by Gasteiger charge is -2.27. The highest BCUT2D eigenvalue weighted by atomic mass is 16.5. The number of fused-ring (bicyclic) bond motifs is 1. The second-order valence-corrected chi connectivity index (χ2v) is 7.69. The molecule has 1 fully saturated rings. The van der Waals surface area contributed by atoms with Crippen LogP contribution in [0, 0.1) is 0 Å². The van der Waals surface area contributed by atoms with Crippen molar-refractivity contribution in [3.8, 4) is 28.5 Å². The van der Waals surface area contributed by atoms with Crippen LogP contribution >= 0.6 is 0 Å². The number of furan rings is 1. The zero-order chi connectivity index (χ0) is 21.5. The summed E-state index contributed by atoms with van der Waals surface area (Å²) in [4.78, 5) is 11.8. The minimum Gasteiger partial charge on any atom is -0.450 e. The third-order valence-corrected chi connectivity index (χ3v) is 5.51. The molecule has 1 saturated heterocycles. The predicted molar refractivity (Wildman–Crippen MR) is 120 cm³/mol. The van der Waals surface area contributed by atoms with Gasteiger partial charge in [-0.15, -0.1) is 0 Å². The van der Waals surface area contributed by atoms with Gasteiger partial charge in [0, 0.05) is 44.2 Å². The van der Waals surface area contributed by atoms with E-state index in [0.29, 0.717) is 30.5 Å². The van der Waals surface area contributed by atoms with Crippen LogP contribution in [0.1, 0.15) is 0 Å². The molecule has 0 radical (unpaired) electrons. The molecule has 0 N–H and O–H groups in total. The Labute approximate surface area is 183 Å². The Morgan fingerprint density at radius 3 is 2.59 bits per heavy atom. The predicted octanol–water partition coefficient (Wildman–Crippen LogP) is 3.31. The lowest BCUT2D eigenvalue weighted by Crippen LogP contribution is -2.37. The molecule has 5 heterocycles. The van der Waals surface area contributed by atoms with Gasteiger partial charge in [0.05, 0.1) is 30.7 Å². The molecule has 0 unspecified atom stereocenters. The number of aryl methyl sites for hydroxylation is 1. The third kappa shape index (κ3) is 3.32. The molecule has 160 valence electrons. The second kappa shape index (κ2) is 7.61. The lowest BCUT2D eigenvalue weighted by molar-refractivity contribution is 0.122. The molecule has 0 amide bonds. The Hall–Kier alpha value is -3.98. The van der Waals surface area contributed by atoms with E-state index >= 15 is 0 Å². The molecule has 0 bridgehead atoms. The Morgan fingerprint density at radius 2 is 1.81 bits per heavy atom. The smallest absolute Gasteiger partial charge is 0.253 e. The summed E-state index contributed by atoms with van der Waals surface area (Å²) in [6, 6.07) is 14.0. The highest BCUT2D eigenvalue weighted by Crippen LogP contribution is 2.33. The van der Waals surface area contributed by atoms with Crippen LogP contribution in [0.4, 0.5) is 5.82 Å². The molecule has 0 spiro atoms. The average Bonchev–Trinajstić information content (AvgIpc) is 3.59. The lowest BCUT2D eigenvalue weighted by atomic mass is 10.2. The summed E-state index contributed by atoms with van der Waals surface area (Å²) in [5.74, 6) is 1.96. The van der Waals surface area contributed by atoms with Crippen molar-refractivity contribution in [1.82, 2.24) is 29.5 Å². The number of rotatable bonds is 4. The molecule has 0 saturated carbocycles. The van der Waals surface area contributed by atoms with E-state index in [2.05, 4.69) is 10.00 Å². The molecule has 1 aliphatic heterocycles. The van der Waals surface area contributed by atoms with Crippen molar-refractivity contribution in [3.05, 3.63) is 61.1 Å². The molecule has 6 rings (SSSR count). The standard InChI is InChI=1S/C23H21N7O2/c1-28-15-17(14-24-28)20-13-19-21(32-20)22(29-9-11-31-12-10-29)26-23(25-19)30-8-7-18(27-30)16-5-3-2-4-6-16/h2-8,13-15H,9-12H2,1H3. The number of ether oxygens (including phenoxy) is 1. The number of hydrogen-bond acceptors (Lipinski definition) is 7. The molecule has 0 aliphatic carbocycles. The quantitative estimate of drug-likeness (QED) is 0.435. The van der Waals surface area contributed by atoms with Gasteiger partial charge in [-0.2, -0.15) is 15.2 Å². The first-order valence-electron chi connectivity index (χ1n) is 10.5. The molecule has 1 aromatic carbocycles. The minimum absolute atomic E-state index is 0.500. The van der Waals surface area contributed by atoms with Crippen LogP contribution in [0.25, 0.3) is 39.6 Å². The normalized spacial score (nSPS) is 14.3. The van der Waals surface area contributed by atoms with Crippen LogP contribution < -0.4 is 4.90 Å². The molecule has 5 aromatic rings. The van der Waals surface area contributed by atoms with Gasteiger partial charge in [-0.25, -0.2) is 9.67 Å². The van der Waals surface area contributed by atoms with Gasteiger partial charge in [0.15, 0.2) is 11.4 Å².